The van der Waals surface area contributed by atoms with Crippen LogP contribution in [0.1, 0.15) is 30.9 Å². The van der Waals surface area contributed by atoms with Crippen molar-refractivity contribution in [1.82, 2.24) is 5.32 Å². The molecule has 0 saturated carbocycles. The molecule has 0 saturated heterocycles. The van der Waals surface area contributed by atoms with E-state index >= 15 is 0 Å². The lowest BCUT2D eigenvalue weighted by molar-refractivity contribution is 0.116. The zero-order valence-corrected chi connectivity index (χ0v) is 13.3. The van der Waals surface area contributed by atoms with Crippen LogP contribution in [0.25, 0.3) is 11.1 Å². The van der Waals surface area contributed by atoms with E-state index in [-0.39, 0.29) is 18.6 Å². The summed E-state index contributed by atoms with van der Waals surface area (Å²) in [5.74, 6) is 0.0509. The first-order valence-corrected chi connectivity index (χ1v) is 7.87. The highest BCUT2D eigenvalue weighted by molar-refractivity contribution is 5.79. The SMILES string of the molecule is C[C@H](O)[C@H](C)NC(=O)OCC1c2ccccc2-c2ccccc21. The highest BCUT2D eigenvalue weighted by atomic mass is 16.5. The number of carbonyl (C=O) groups excluding carboxylic acids is 1. The van der Waals surface area contributed by atoms with Crippen molar-refractivity contribution in [3.8, 4) is 11.1 Å². The number of hydrogen-bond acceptors (Lipinski definition) is 3. The molecule has 0 unspecified atom stereocenters. The largest absolute Gasteiger partial charge is 0.449 e. The molecule has 2 aromatic carbocycles. The zero-order valence-electron chi connectivity index (χ0n) is 13.3. The van der Waals surface area contributed by atoms with E-state index in [1.54, 1.807) is 13.8 Å². The topological polar surface area (TPSA) is 58.6 Å². The van der Waals surface area contributed by atoms with Gasteiger partial charge in [-0.1, -0.05) is 48.5 Å². The molecule has 23 heavy (non-hydrogen) atoms. The summed E-state index contributed by atoms with van der Waals surface area (Å²) < 4.78 is 5.40. The van der Waals surface area contributed by atoms with Crippen LogP contribution >= 0.6 is 0 Å². The summed E-state index contributed by atoms with van der Waals surface area (Å²) in [5.41, 5.74) is 4.78. The summed E-state index contributed by atoms with van der Waals surface area (Å²) in [4.78, 5) is 11.9. The molecule has 2 atom stereocenters. The van der Waals surface area contributed by atoms with Gasteiger partial charge in [-0.3, -0.25) is 0 Å². The molecule has 4 nitrogen and oxygen atoms in total. The Morgan fingerprint density at radius 1 is 1.09 bits per heavy atom. The molecule has 1 aliphatic carbocycles. The van der Waals surface area contributed by atoms with Gasteiger partial charge in [-0.05, 0) is 36.1 Å². The van der Waals surface area contributed by atoms with Crippen LogP contribution < -0.4 is 5.32 Å². The van der Waals surface area contributed by atoms with E-state index in [0.29, 0.717) is 0 Å². The Labute approximate surface area is 136 Å². The maximum absolute atomic E-state index is 11.9. The minimum Gasteiger partial charge on any atom is -0.449 e. The Morgan fingerprint density at radius 2 is 1.61 bits per heavy atom. The van der Waals surface area contributed by atoms with E-state index < -0.39 is 12.2 Å². The van der Waals surface area contributed by atoms with Gasteiger partial charge in [-0.25, -0.2) is 4.79 Å². The molecule has 4 heteroatoms. The van der Waals surface area contributed by atoms with E-state index in [1.165, 1.54) is 22.3 Å². The molecule has 0 spiro atoms. The summed E-state index contributed by atoms with van der Waals surface area (Å²) in [6.45, 7) is 3.66. The lowest BCUT2D eigenvalue weighted by Crippen LogP contribution is -2.40. The summed E-state index contributed by atoms with van der Waals surface area (Å²) in [6, 6.07) is 16.1. The van der Waals surface area contributed by atoms with Gasteiger partial charge >= 0.3 is 6.09 Å². The number of aliphatic hydroxyl groups is 1. The van der Waals surface area contributed by atoms with Crippen molar-refractivity contribution in [3.05, 3.63) is 59.7 Å². The summed E-state index contributed by atoms with van der Waals surface area (Å²) in [6.07, 6.45) is -1.12. The van der Waals surface area contributed by atoms with Crippen LogP contribution in [0.4, 0.5) is 4.79 Å². The first-order valence-electron chi connectivity index (χ1n) is 7.87. The molecule has 2 aromatic rings. The van der Waals surface area contributed by atoms with Gasteiger partial charge in [-0.15, -0.1) is 0 Å². The Kier molecular flexibility index (Phi) is 4.35. The Bertz CT molecular complexity index is 666. The van der Waals surface area contributed by atoms with Crippen LogP contribution in [0.3, 0.4) is 0 Å². The molecule has 0 heterocycles. The Hall–Kier alpha value is -2.33. The zero-order chi connectivity index (χ0) is 16.4. The summed E-state index contributed by atoms with van der Waals surface area (Å²) in [5, 5.41) is 12.1. The Balaban J connectivity index is 1.75. The summed E-state index contributed by atoms with van der Waals surface area (Å²) in [7, 11) is 0. The third-order valence-corrected chi connectivity index (χ3v) is 4.41. The van der Waals surface area contributed by atoms with Crippen molar-refractivity contribution < 1.29 is 14.6 Å². The van der Waals surface area contributed by atoms with E-state index in [0.717, 1.165) is 0 Å². The van der Waals surface area contributed by atoms with Gasteiger partial charge < -0.3 is 15.2 Å². The van der Waals surface area contributed by atoms with E-state index in [4.69, 9.17) is 4.74 Å². The van der Waals surface area contributed by atoms with Crippen molar-refractivity contribution >= 4 is 6.09 Å². The van der Waals surface area contributed by atoms with Crippen LogP contribution in [0, 0.1) is 0 Å². The number of aliphatic hydroxyl groups excluding tert-OH is 1. The number of benzene rings is 2. The second-order valence-corrected chi connectivity index (χ2v) is 6.00. The number of ether oxygens (including phenoxy) is 1. The fourth-order valence-corrected chi connectivity index (χ4v) is 2.95. The van der Waals surface area contributed by atoms with Crippen LogP contribution in [0.15, 0.2) is 48.5 Å². The molecular weight excluding hydrogens is 290 g/mol. The number of hydrogen-bond donors (Lipinski definition) is 2. The smallest absolute Gasteiger partial charge is 0.407 e. The molecule has 0 bridgehead atoms. The highest BCUT2D eigenvalue weighted by Crippen LogP contribution is 2.44. The van der Waals surface area contributed by atoms with Crippen LogP contribution in [0.5, 0.6) is 0 Å². The lowest BCUT2D eigenvalue weighted by Gasteiger charge is -2.18. The average Bonchev–Trinajstić information content (AvgIpc) is 2.87. The van der Waals surface area contributed by atoms with Crippen molar-refractivity contribution in [3.63, 3.8) is 0 Å². The van der Waals surface area contributed by atoms with Gasteiger partial charge in [0.25, 0.3) is 0 Å². The quantitative estimate of drug-likeness (QED) is 0.911. The maximum atomic E-state index is 11.9. The molecule has 1 amide bonds. The molecule has 120 valence electrons. The number of carbonyl (C=O) groups is 1. The number of alkyl carbamates (subject to hydrolysis) is 1. The molecule has 0 fully saturated rings. The van der Waals surface area contributed by atoms with Gasteiger partial charge in [-0.2, -0.15) is 0 Å². The van der Waals surface area contributed by atoms with Gasteiger partial charge in [0.2, 0.25) is 0 Å². The second kappa shape index (κ2) is 6.42. The second-order valence-electron chi connectivity index (χ2n) is 6.00. The maximum Gasteiger partial charge on any atom is 0.407 e. The number of amides is 1. The van der Waals surface area contributed by atoms with Crippen molar-refractivity contribution in [2.24, 2.45) is 0 Å². The van der Waals surface area contributed by atoms with E-state index in [2.05, 4.69) is 29.6 Å². The van der Waals surface area contributed by atoms with Crippen molar-refractivity contribution in [2.45, 2.75) is 31.9 Å². The fourth-order valence-electron chi connectivity index (χ4n) is 2.95. The van der Waals surface area contributed by atoms with E-state index in [9.17, 15) is 9.90 Å². The van der Waals surface area contributed by atoms with Gasteiger partial charge in [0.15, 0.2) is 0 Å². The van der Waals surface area contributed by atoms with Gasteiger partial charge in [0.1, 0.15) is 6.61 Å². The molecule has 3 rings (SSSR count). The minimum absolute atomic E-state index is 0.0509. The molecule has 0 aliphatic heterocycles. The van der Waals surface area contributed by atoms with Crippen LogP contribution in [-0.4, -0.2) is 30.0 Å². The van der Waals surface area contributed by atoms with Crippen LogP contribution in [0.2, 0.25) is 0 Å². The lowest BCUT2D eigenvalue weighted by atomic mass is 9.98. The van der Waals surface area contributed by atoms with Crippen molar-refractivity contribution in [2.75, 3.05) is 6.61 Å². The molecule has 2 N–H and O–H groups in total. The monoisotopic (exact) mass is 311 g/mol. The molecule has 0 radical (unpaired) electrons. The minimum atomic E-state index is -0.615. The first-order chi connectivity index (χ1) is 11.1. The first kappa shape index (κ1) is 15.6. The standard InChI is InChI=1S/C19H21NO3/c1-12(13(2)21)20-19(22)23-11-18-16-9-5-3-7-14(16)15-8-4-6-10-17(15)18/h3-10,12-13,18,21H,11H2,1-2H3,(H,20,22)/t12-,13-/m0/s1. The molecule has 1 aliphatic rings. The highest BCUT2D eigenvalue weighted by Gasteiger charge is 2.29. The normalized spacial score (nSPS) is 15.4. The molecule has 0 aromatic heterocycles. The van der Waals surface area contributed by atoms with Gasteiger partial charge in [0, 0.05) is 5.92 Å². The molecular formula is C19H21NO3. The predicted octanol–water partition coefficient (Wildman–Crippen LogP) is 3.29. The number of nitrogens with one attached hydrogen (secondary N) is 1. The predicted molar refractivity (Wildman–Crippen MR) is 89.3 cm³/mol. The van der Waals surface area contributed by atoms with Crippen LogP contribution in [-0.2, 0) is 4.74 Å². The third kappa shape index (κ3) is 3.08. The van der Waals surface area contributed by atoms with Gasteiger partial charge in [0.05, 0.1) is 12.1 Å². The fraction of sp³-hybridized carbons (Fsp3) is 0.316. The number of fused-ring (bicyclic) bond motifs is 3. The Morgan fingerprint density at radius 3 is 2.13 bits per heavy atom. The average molecular weight is 311 g/mol. The third-order valence-electron chi connectivity index (χ3n) is 4.41. The number of rotatable bonds is 4. The van der Waals surface area contributed by atoms with E-state index in [1.807, 2.05) is 24.3 Å². The summed E-state index contributed by atoms with van der Waals surface area (Å²) >= 11 is 0. The van der Waals surface area contributed by atoms with Crippen molar-refractivity contribution in [1.29, 1.82) is 0 Å².